The van der Waals surface area contributed by atoms with Crippen LogP contribution in [0.2, 0.25) is 0 Å². The third-order valence-electron chi connectivity index (χ3n) is 3.31. The number of nitrogens with two attached hydrogens (primary N) is 1. The number of nitrogen functional groups attached to an aromatic ring is 1. The second-order valence-electron chi connectivity index (χ2n) is 4.48. The van der Waals surface area contributed by atoms with Crippen molar-refractivity contribution in [1.82, 2.24) is 0 Å². The molecule has 1 aliphatic rings. The summed E-state index contributed by atoms with van der Waals surface area (Å²) in [5.74, 6) is 0. The van der Waals surface area contributed by atoms with Crippen LogP contribution in [0.1, 0.15) is 54.5 Å². The van der Waals surface area contributed by atoms with Gasteiger partial charge in [-0.05, 0) is 31.2 Å². The minimum Gasteiger partial charge on any atom is -0.389 e. The zero-order valence-electron chi connectivity index (χ0n) is 9.59. The molecule has 0 saturated carbocycles. The third-order valence-corrected chi connectivity index (χ3v) is 4.43. The molecule has 2 N–H and O–H groups in total. The molecule has 1 aromatic heterocycles. The molecule has 2 nitrogen and oxygen atoms in total. The second kappa shape index (κ2) is 5.36. The Labute approximate surface area is 101 Å². The highest BCUT2D eigenvalue weighted by molar-refractivity contribution is 7.16. The number of hydrogen-bond donors (Lipinski definition) is 1. The molecule has 0 radical (unpaired) electrons. The fourth-order valence-electron chi connectivity index (χ4n) is 2.42. The first kappa shape index (κ1) is 11.5. The van der Waals surface area contributed by atoms with Crippen LogP contribution >= 0.6 is 11.3 Å². The van der Waals surface area contributed by atoms with Gasteiger partial charge in [0.15, 0.2) is 0 Å². The molecule has 16 heavy (non-hydrogen) atoms. The summed E-state index contributed by atoms with van der Waals surface area (Å²) in [6, 6.07) is 2.27. The van der Waals surface area contributed by atoms with Crippen molar-refractivity contribution in [1.29, 1.82) is 5.26 Å². The zero-order valence-corrected chi connectivity index (χ0v) is 10.4. The number of rotatable bonds is 0. The number of anilines is 1. The topological polar surface area (TPSA) is 49.8 Å². The minimum absolute atomic E-state index is 0.728. The molecule has 1 heterocycles. The number of nitriles is 1. The van der Waals surface area contributed by atoms with E-state index in [4.69, 9.17) is 11.0 Å². The normalized spacial score (nSPS) is 17.4. The fourth-order valence-corrected chi connectivity index (χ4v) is 3.53. The van der Waals surface area contributed by atoms with Gasteiger partial charge >= 0.3 is 0 Å². The summed E-state index contributed by atoms with van der Waals surface area (Å²) in [4.78, 5) is 1.37. The maximum Gasteiger partial charge on any atom is 0.104 e. The predicted octanol–water partition coefficient (Wildman–Crippen LogP) is 3.64. The Bertz CT molecular complexity index is 401. The smallest absolute Gasteiger partial charge is 0.104 e. The van der Waals surface area contributed by atoms with Gasteiger partial charge in [0, 0.05) is 4.88 Å². The Balaban J connectivity index is 2.27. The molecular weight excluding hydrogens is 216 g/mol. The average molecular weight is 234 g/mol. The molecule has 0 atom stereocenters. The van der Waals surface area contributed by atoms with Crippen molar-refractivity contribution in [3.8, 4) is 6.07 Å². The van der Waals surface area contributed by atoms with Gasteiger partial charge in [-0.3, -0.25) is 0 Å². The lowest BCUT2D eigenvalue weighted by Crippen LogP contribution is -1.96. The van der Waals surface area contributed by atoms with E-state index in [0.29, 0.717) is 0 Å². The predicted molar refractivity (Wildman–Crippen MR) is 68.6 cm³/mol. The zero-order chi connectivity index (χ0) is 11.4. The molecule has 0 unspecified atom stereocenters. The van der Waals surface area contributed by atoms with Gasteiger partial charge in [0.25, 0.3) is 0 Å². The van der Waals surface area contributed by atoms with E-state index < -0.39 is 0 Å². The minimum atomic E-state index is 0.728. The molecule has 0 aliphatic heterocycles. The lowest BCUT2D eigenvalue weighted by Gasteiger charge is -2.08. The molecule has 0 saturated heterocycles. The molecule has 0 fully saturated rings. The second-order valence-corrected chi connectivity index (χ2v) is 5.61. The molecule has 0 spiro atoms. The number of fused-ring (bicyclic) bond motifs is 1. The van der Waals surface area contributed by atoms with Gasteiger partial charge in [0.1, 0.15) is 11.1 Å². The Morgan fingerprint density at radius 1 is 1.00 bits per heavy atom. The van der Waals surface area contributed by atoms with Crippen LogP contribution < -0.4 is 5.73 Å². The van der Waals surface area contributed by atoms with Gasteiger partial charge in [-0.15, -0.1) is 11.3 Å². The summed E-state index contributed by atoms with van der Waals surface area (Å²) in [5, 5.41) is 9.86. The summed E-state index contributed by atoms with van der Waals surface area (Å²) in [7, 11) is 0. The number of nitrogens with zero attached hydrogens (tertiary/aromatic N) is 1. The summed E-state index contributed by atoms with van der Waals surface area (Å²) in [5.41, 5.74) is 7.93. The average Bonchev–Trinajstić information content (AvgIpc) is 2.59. The summed E-state index contributed by atoms with van der Waals surface area (Å²) >= 11 is 1.64. The highest BCUT2D eigenvalue weighted by atomic mass is 32.1. The first-order valence-corrected chi connectivity index (χ1v) is 6.94. The standard InChI is InChI=1S/C13H18N2S/c14-9-11-10-7-5-3-1-2-4-6-8-12(10)16-13(11)15/h1-8,15H2. The lowest BCUT2D eigenvalue weighted by atomic mass is 9.97. The van der Waals surface area contributed by atoms with Crippen molar-refractivity contribution >= 4 is 16.3 Å². The van der Waals surface area contributed by atoms with E-state index in [1.807, 2.05) is 0 Å². The number of hydrogen-bond acceptors (Lipinski definition) is 3. The van der Waals surface area contributed by atoms with Crippen LogP contribution in [-0.2, 0) is 12.8 Å². The number of aryl methyl sites for hydroxylation is 1. The molecule has 86 valence electrons. The van der Waals surface area contributed by atoms with Crippen LogP contribution in [0.25, 0.3) is 0 Å². The van der Waals surface area contributed by atoms with E-state index in [2.05, 4.69) is 6.07 Å². The molecule has 0 aromatic carbocycles. The van der Waals surface area contributed by atoms with Gasteiger partial charge in [-0.1, -0.05) is 25.7 Å². The molecule has 2 rings (SSSR count). The molecule has 0 amide bonds. The SMILES string of the molecule is N#Cc1c(N)sc2c1CCCCCCCC2. The maximum absolute atomic E-state index is 9.13. The van der Waals surface area contributed by atoms with Crippen LogP contribution in [-0.4, -0.2) is 0 Å². The highest BCUT2D eigenvalue weighted by Gasteiger charge is 2.16. The molecule has 1 aliphatic carbocycles. The monoisotopic (exact) mass is 234 g/mol. The van der Waals surface area contributed by atoms with E-state index in [0.717, 1.165) is 23.4 Å². The third kappa shape index (κ3) is 2.38. The molecule has 3 heteroatoms. The lowest BCUT2D eigenvalue weighted by molar-refractivity contribution is 0.583. The van der Waals surface area contributed by atoms with Crippen molar-refractivity contribution < 1.29 is 0 Å². The van der Waals surface area contributed by atoms with Gasteiger partial charge in [0.2, 0.25) is 0 Å². The van der Waals surface area contributed by atoms with Crippen LogP contribution in [0.4, 0.5) is 5.00 Å². The maximum atomic E-state index is 9.13. The van der Waals surface area contributed by atoms with E-state index in [1.54, 1.807) is 11.3 Å². The van der Waals surface area contributed by atoms with Gasteiger partial charge in [-0.25, -0.2) is 0 Å². The van der Waals surface area contributed by atoms with Crippen molar-refractivity contribution in [2.75, 3.05) is 5.73 Å². The largest absolute Gasteiger partial charge is 0.389 e. The van der Waals surface area contributed by atoms with Crippen molar-refractivity contribution in [3.05, 3.63) is 16.0 Å². The highest BCUT2D eigenvalue weighted by Crippen LogP contribution is 2.33. The Hall–Kier alpha value is -1.01. The van der Waals surface area contributed by atoms with Gasteiger partial charge in [0.05, 0.1) is 5.56 Å². The quantitative estimate of drug-likeness (QED) is 0.745. The number of thiophene rings is 1. The molecule has 0 bridgehead atoms. The summed E-state index contributed by atoms with van der Waals surface area (Å²) in [6.45, 7) is 0. The van der Waals surface area contributed by atoms with Crippen LogP contribution in [0.3, 0.4) is 0 Å². The van der Waals surface area contributed by atoms with E-state index in [9.17, 15) is 0 Å². The van der Waals surface area contributed by atoms with Crippen LogP contribution in [0, 0.1) is 11.3 Å². The van der Waals surface area contributed by atoms with Crippen molar-refractivity contribution in [3.63, 3.8) is 0 Å². The van der Waals surface area contributed by atoms with Crippen molar-refractivity contribution in [2.45, 2.75) is 51.4 Å². The Morgan fingerprint density at radius 3 is 2.31 bits per heavy atom. The van der Waals surface area contributed by atoms with Crippen LogP contribution in [0.15, 0.2) is 0 Å². The fraction of sp³-hybridized carbons (Fsp3) is 0.615. The van der Waals surface area contributed by atoms with E-state index in [1.165, 1.54) is 49.0 Å². The molecular formula is C13H18N2S. The Morgan fingerprint density at radius 2 is 1.62 bits per heavy atom. The van der Waals surface area contributed by atoms with E-state index >= 15 is 0 Å². The Kier molecular flexibility index (Phi) is 3.84. The van der Waals surface area contributed by atoms with Crippen LogP contribution in [0.5, 0.6) is 0 Å². The van der Waals surface area contributed by atoms with Gasteiger partial charge < -0.3 is 5.73 Å². The summed E-state index contributed by atoms with van der Waals surface area (Å²) < 4.78 is 0. The van der Waals surface area contributed by atoms with Gasteiger partial charge in [-0.2, -0.15) is 5.26 Å². The van der Waals surface area contributed by atoms with E-state index in [-0.39, 0.29) is 0 Å². The molecule has 1 aromatic rings. The first-order valence-electron chi connectivity index (χ1n) is 6.13. The van der Waals surface area contributed by atoms with Crippen molar-refractivity contribution in [2.24, 2.45) is 0 Å². The first-order chi connectivity index (χ1) is 7.83. The summed E-state index contributed by atoms with van der Waals surface area (Å²) in [6.07, 6.45) is 9.94.